The van der Waals surface area contributed by atoms with Gasteiger partial charge in [-0.15, -0.1) is 0 Å². The summed E-state index contributed by atoms with van der Waals surface area (Å²) in [5.41, 5.74) is 5.34. The highest BCUT2D eigenvalue weighted by molar-refractivity contribution is 4.96. The summed E-state index contributed by atoms with van der Waals surface area (Å²) in [6, 6.07) is 0. The molecule has 0 aromatic carbocycles. The van der Waals surface area contributed by atoms with Crippen LogP contribution in [0.5, 0.6) is 0 Å². The van der Waals surface area contributed by atoms with E-state index in [0.717, 1.165) is 25.7 Å². The van der Waals surface area contributed by atoms with E-state index >= 15 is 0 Å². The Kier molecular flexibility index (Phi) is 13.0. The molecule has 0 spiro atoms. The van der Waals surface area contributed by atoms with Crippen molar-refractivity contribution in [1.29, 1.82) is 0 Å². The Morgan fingerprint density at radius 1 is 0.783 bits per heavy atom. The van der Waals surface area contributed by atoms with Crippen molar-refractivity contribution in [1.82, 2.24) is 5.32 Å². The molecule has 0 heterocycles. The van der Waals surface area contributed by atoms with E-state index in [1.54, 1.807) is 21.3 Å². The number of hydrogen-bond acceptors (Lipinski definition) is 5. The molecule has 0 saturated heterocycles. The van der Waals surface area contributed by atoms with Gasteiger partial charge in [-0.2, -0.15) is 0 Å². The van der Waals surface area contributed by atoms with Gasteiger partial charge in [-0.1, -0.05) is 58.8 Å². The predicted octanol–water partition coefficient (Wildman–Crippen LogP) is 3.42. The zero-order valence-electron chi connectivity index (χ0n) is 16.1. The molecule has 0 radical (unpaired) electrons. The molecule has 1 unspecified atom stereocenters. The van der Waals surface area contributed by atoms with Gasteiger partial charge in [0.25, 0.3) is 0 Å². The third kappa shape index (κ3) is 6.67. The summed E-state index contributed by atoms with van der Waals surface area (Å²) < 4.78 is 17.1. The second kappa shape index (κ2) is 13.1. The Morgan fingerprint density at radius 3 is 1.83 bits per heavy atom. The van der Waals surface area contributed by atoms with Crippen LogP contribution in [0.15, 0.2) is 0 Å². The summed E-state index contributed by atoms with van der Waals surface area (Å²) in [6.45, 7) is 5.71. The van der Waals surface area contributed by atoms with Gasteiger partial charge in [0.1, 0.15) is 5.54 Å². The maximum absolute atomic E-state index is 5.72. The molecule has 3 N–H and O–H groups in total. The van der Waals surface area contributed by atoms with Crippen LogP contribution < -0.4 is 11.1 Å². The van der Waals surface area contributed by atoms with Crippen molar-refractivity contribution in [2.24, 2.45) is 5.73 Å². The van der Waals surface area contributed by atoms with Gasteiger partial charge in [0.15, 0.2) is 0 Å². The second-order valence-electron chi connectivity index (χ2n) is 6.23. The molecule has 0 aliphatic heterocycles. The summed E-state index contributed by atoms with van der Waals surface area (Å²) in [6.07, 6.45) is 10.4. The van der Waals surface area contributed by atoms with Crippen LogP contribution in [0.25, 0.3) is 0 Å². The zero-order valence-corrected chi connectivity index (χ0v) is 16.1. The van der Waals surface area contributed by atoms with Crippen molar-refractivity contribution in [2.45, 2.75) is 83.1 Å². The lowest BCUT2D eigenvalue weighted by atomic mass is 9.84. The van der Waals surface area contributed by atoms with Crippen LogP contribution in [0.3, 0.4) is 0 Å². The molecule has 0 fully saturated rings. The Balaban J connectivity index is 5.00. The lowest BCUT2D eigenvalue weighted by Crippen LogP contribution is -2.66. The van der Waals surface area contributed by atoms with E-state index in [1.807, 2.05) is 0 Å². The van der Waals surface area contributed by atoms with Crippen molar-refractivity contribution in [2.75, 3.05) is 34.4 Å². The molecule has 0 aliphatic carbocycles. The molecule has 140 valence electrons. The van der Waals surface area contributed by atoms with Crippen LogP contribution in [-0.2, 0) is 14.2 Å². The van der Waals surface area contributed by atoms with Gasteiger partial charge in [0.2, 0.25) is 0 Å². The summed E-state index contributed by atoms with van der Waals surface area (Å²) >= 11 is 0. The first kappa shape index (κ1) is 22.8. The molecule has 0 aromatic heterocycles. The molecule has 23 heavy (non-hydrogen) atoms. The molecule has 0 rings (SSSR count). The van der Waals surface area contributed by atoms with Gasteiger partial charge < -0.3 is 25.3 Å². The molecule has 0 amide bonds. The highest BCUT2D eigenvalue weighted by Gasteiger charge is 2.52. The Morgan fingerprint density at radius 2 is 1.35 bits per heavy atom. The minimum absolute atomic E-state index is 0.385. The van der Waals surface area contributed by atoms with E-state index in [1.165, 1.54) is 32.1 Å². The van der Waals surface area contributed by atoms with Crippen LogP contribution in [0.4, 0.5) is 0 Å². The molecule has 5 heteroatoms. The lowest BCUT2D eigenvalue weighted by Gasteiger charge is -2.47. The average molecular weight is 333 g/mol. The van der Waals surface area contributed by atoms with Crippen molar-refractivity contribution in [3.8, 4) is 0 Å². The summed E-state index contributed by atoms with van der Waals surface area (Å²) in [5, 5.41) is 3.58. The smallest absolute Gasteiger partial charge is 0.301 e. The number of unbranched alkanes of at least 4 members (excludes halogenated alkanes) is 5. The van der Waals surface area contributed by atoms with Crippen LogP contribution in [0, 0.1) is 0 Å². The summed E-state index contributed by atoms with van der Waals surface area (Å²) in [4.78, 5) is 0. The molecule has 1 atom stereocenters. The second-order valence-corrected chi connectivity index (χ2v) is 6.23. The summed E-state index contributed by atoms with van der Waals surface area (Å²) in [5.74, 6) is -1.08. The number of methoxy groups -OCH3 is 3. The van der Waals surface area contributed by atoms with Crippen molar-refractivity contribution < 1.29 is 14.2 Å². The van der Waals surface area contributed by atoms with Gasteiger partial charge >= 0.3 is 5.97 Å². The maximum atomic E-state index is 5.72. The fraction of sp³-hybridized carbons (Fsp3) is 1.00. The number of ether oxygens (including phenoxy) is 3. The first-order valence-electron chi connectivity index (χ1n) is 9.22. The highest BCUT2D eigenvalue weighted by atomic mass is 16.9. The molecular formula is C18H40N2O3. The Hall–Kier alpha value is -0.200. The first-order valence-corrected chi connectivity index (χ1v) is 9.22. The van der Waals surface area contributed by atoms with Crippen LogP contribution in [0.1, 0.15) is 71.6 Å². The number of hydrogen-bond donors (Lipinski definition) is 2. The van der Waals surface area contributed by atoms with Gasteiger partial charge in [-0.05, 0) is 12.8 Å². The molecule has 0 aliphatic rings. The van der Waals surface area contributed by atoms with Crippen LogP contribution in [0.2, 0.25) is 0 Å². The standard InChI is InChI=1S/C18H40N2O3/c1-6-8-9-10-11-12-14-17(13-7-2,20-16-15-19)18(21-3,22-4)23-5/h20H,6-16,19H2,1-5H3. The van der Waals surface area contributed by atoms with Gasteiger partial charge in [0.05, 0.1) is 0 Å². The van der Waals surface area contributed by atoms with E-state index in [2.05, 4.69) is 19.2 Å². The molecule has 0 bridgehead atoms. The zero-order chi connectivity index (χ0) is 17.6. The summed E-state index contributed by atoms with van der Waals surface area (Å²) in [7, 11) is 4.92. The number of nitrogens with two attached hydrogens (primary N) is 1. The number of rotatable bonds is 16. The largest absolute Gasteiger partial charge is 0.329 e. The van der Waals surface area contributed by atoms with Gasteiger partial charge in [0, 0.05) is 34.4 Å². The fourth-order valence-electron chi connectivity index (χ4n) is 3.50. The van der Waals surface area contributed by atoms with Crippen molar-refractivity contribution in [3.63, 3.8) is 0 Å². The first-order chi connectivity index (χ1) is 11.1. The SMILES string of the molecule is CCCCCCCCC(CCC)(NCCN)C(OC)(OC)OC. The van der Waals surface area contributed by atoms with E-state index < -0.39 is 5.97 Å². The van der Waals surface area contributed by atoms with Crippen LogP contribution >= 0.6 is 0 Å². The minimum Gasteiger partial charge on any atom is -0.329 e. The molecule has 0 saturated carbocycles. The van der Waals surface area contributed by atoms with Crippen LogP contribution in [-0.4, -0.2) is 45.9 Å². The van der Waals surface area contributed by atoms with Crippen molar-refractivity contribution >= 4 is 0 Å². The molecular weight excluding hydrogens is 292 g/mol. The fourth-order valence-corrected chi connectivity index (χ4v) is 3.50. The normalized spacial score (nSPS) is 14.9. The number of nitrogens with one attached hydrogen (secondary N) is 1. The Bertz CT molecular complexity index is 265. The average Bonchev–Trinajstić information content (AvgIpc) is 2.58. The van der Waals surface area contributed by atoms with E-state index in [9.17, 15) is 0 Å². The topological polar surface area (TPSA) is 65.7 Å². The predicted molar refractivity (Wildman–Crippen MR) is 96.4 cm³/mol. The van der Waals surface area contributed by atoms with Gasteiger partial charge in [-0.3, -0.25) is 0 Å². The van der Waals surface area contributed by atoms with E-state index in [0.29, 0.717) is 13.1 Å². The van der Waals surface area contributed by atoms with Gasteiger partial charge in [-0.25, -0.2) is 0 Å². The quantitative estimate of drug-likeness (QED) is 0.335. The Labute approximate surface area is 143 Å². The maximum Gasteiger partial charge on any atom is 0.301 e. The lowest BCUT2D eigenvalue weighted by molar-refractivity contribution is -0.391. The third-order valence-electron chi connectivity index (χ3n) is 4.63. The molecule has 5 nitrogen and oxygen atoms in total. The third-order valence-corrected chi connectivity index (χ3v) is 4.63. The molecule has 0 aromatic rings. The van der Waals surface area contributed by atoms with Crippen molar-refractivity contribution in [3.05, 3.63) is 0 Å². The van der Waals surface area contributed by atoms with E-state index in [-0.39, 0.29) is 5.54 Å². The highest BCUT2D eigenvalue weighted by Crippen LogP contribution is 2.36. The van der Waals surface area contributed by atoms with E-state index in [4.69, 9.17) is 19.9 Å². The minimum atomic E-state index is -1.08. The monoisotopic (exact) mass is 332 g/mol.